The predicted molar refractivity (Wildman–Crippen MR) is 98.8 cm³/mol. The second kappa shape index (κ2) is 7.75. The monoisotopic (exact) mass is 387 g/mol. The number of anilines is 1. The van der Waals surface area contributed by atoms with Crippen molar-refractivity contribution in [3.05, 3.63) is 64.7 Å². The zero-order valence-corrected chi connectivity index (χ0v) is 15.4. The van der Waals surface area contributed by atoms with Crippen molar-refractivity contribution in [2.24, 2.45) is 0 Å². The number of nitrogens with one attached hydrogen (secondary N) is 2. The molecule has 6 nitrogen and oxygen atoms in total. The maximum atomic E-state index is 13.6. The Morgan fingerprint density at radius 3 is 2.46 bits per heavy atom. The summed E-state index contributed by atoms with van der Waals surface area (Å²) in [5.74, 6) is -3.33. The van der Waals surface area contributed by atoms with Gasteiger partial charge in [-0.25, -0.2) is 8.78 Å². The Morgan fingerprint density at radius 1 is 1.07 bits per heavy atom. The maximum Gasteiger partial charge on any atom is 0.252 e. The van der Waals surface area contributed by atoms with Crippen LogP contribution in [0, 0.1) is 11.6 Å². The summed E-state index contributed by atoms with van der Waals surface area (Å²) < 4.78 is 26.8. The number of hydrogen-bond donors (Lipinski definition) is 2. The van der Waals surface area contributed by atoms with Crippen molar-refractivity contribution in [2.75, 3.05) is 18.5 Å². The average Bonchev–Trinajstić information content (AvgIpc) is 3.11. The molecule has 1 unspecified atom stereocenters. The van der Waals surface area contributed by atoms with Gasteiger partial charge < -0.3 is 15.5 Å². The molecule has 2 N–H and O–H groups in total. The molecule has 8 heteroatoms. The van der Waals surface area contributed by atoms with Gasteiger partial charge in [-0.2, -0.15) is 0 Å². The van der Waals surface area contributed by atoms with Gasteiger partial charge in [-0.05, 0) is 47.9 Å². The van der Waals surface area contributed by atoms with Crippen LogP contribution >= 0.6 is 0 Å². The van der Waals surface area contributed by atoms with Crippen LogP contribution in [0.3, 0.4) is 0 Å². The molecule has 3 rings (SSSR count). The first-order valence-electron chi connectivity index (χ1n) is 8.70. The second-order valence-corrected chi connectivity index (χ2v) is 6.46. The highest BCUT2D eigenvalue weighted by Gasteiger charge is 2.26. The second-order valence-electron chi connectivity index (χ2n) is 6.46. The van der Waals surface area contributed by atoms with E-state index in [9.17, 15) is 23.2 Å². The first-order chi connectivity index (χ1) is 13.3. The molecule has 0 aromatic heterocycles. The van der Waals surface area contributed by atoms with Crippen LogP contribution in [0.4, 0.5) is 14.5 Å². The predicted octanol–water partition coefficient (Wildman–Crippen LogP) is 2.09. The summed E-state index contributed by atoms with van der Waals surface area (Å²) in [5, 5.41) is 4.95. The third kappa shape index (κ3) is 3.71. The van der Waals surface area contributed by atoms with Crippen LogP contribution in [0.15, 0.2) is 36.4 Å². The Bertz CT molecular complexity index is 962. The van der Waals surface area contributed by atoms with Gasteiger partial charge in [0.1, 0.15) is 6.04 Å². The smallest absolute Gasteiger partial charge is 0.252 e. The van der Waals surface area contributed by atoms with E-state index in [1.165, 1.54) is 20.0 Å². The third-order valence-electron chi connectivity index (χ3n) is 4.68. The van der Waals surface area contributed by atoms with E-state index in [-0.39, 0.29) is 11.5 Å². The van der Waals surface area contributed by atoms with E-state index in [0.717, 1.165) is 23.4 Å². The van der Waals surface area contributed by atoms with E-state index in [4.69, 9.17) is 0 Å². The fourth-order valence-electron chi connectivity index (χ4n) is 3.22. The lowest BCUT2D eigenvalue weighted by atomic mass is 10.0. The molecule has 0 saturated heterocycles. The lowest BCUT2D eigenvalue weighted by Gasteiger charge is -2.19. The van der Waals surface area contributed by atoms with Crippen LogP contribution in [-0.4, -0.2) is 31.3 Å². The normalized spacial score (nSPS) is 13.6. The highest BCUT2D eigenvalue weighted by atomic mass is 19.2. The van der Waals surface area contributed by atoms with Gasteiger partial charge >= 0.3 is 0 Å². The van der Waals surface area contributed by atoms with E-state index < -0.39 is 29.5 Å². The fourth-order valence-corrected chi connectivity index (χ4v) is 3.22. The van der Waals surface area contributed by atoms with Gasteiger partial charge in [-0.15, -0.1) is 0 Å². The number of carbonyl (C=O) groups is 3. The quantitative estimate of drug-likeness (QED) is 0.843. The summed E-state index contributed by atoms with van der Waals surface area (Å²) in [6, 6.07) is 6.74. The fraction of sp³-hybridized carbons (Fsp3) is 0.250. The summed E-state index contributed by atoms with van der Waals surface area (Å²) in [4.78, 5) is 38.1. The topological polar surface area (TPSA) is 78.5 Å². The minimum atomic E-state index is -1.19. The van der Waals surface area contributed by atoms with Crippen molar-refractivity contribution < 1.29 is 23.2 Å². The molecular formula is C20H19F2N3O3. The molecule has 2 aromatic carbocycles. The molecule has 1 aliphatic rings. The Kier molecular flexibility index (Phi) is 5.39. The van der Waals surface area contributed by atoms with Crippen LogP contribution in [0.25, 0.3) is 0 Å². The van der Waals surface area contributed by atoms with Crippen LogP contribution in [0.2, 0.25) is 0 Å². The molecule has 2 aromatic rings. The molecule has 3 amide bonds. The Balaban J connectivity index is 1.86. The van der Waals surface area contributed by atoms with Crippen molar-refractivity contribution in [3.63, 3.8) is 0 Å². The van der Waals surface area contributed by atoms with Crippen molar-refractivity contribution in [3.8, 4) is 0 Å². The Labute approximate surface area is 160 Å². The summed E-state index contributed by atoms with van der Waals surface area (Å²) >= 11 is 0. The number of hydrogen-bond acceptors (Lipinski definition) is 3. The van der Waals surface area contributed by atoms with Gasteiger partial charge in [-0.1, -0.05) is 6.07 Å². The molecule has 1 atom stereocenters. The Morgan fingerprint density at radius 2 is 1.82 bits per heavy atom. The summed E-state index contributed by atoms with van der Waals surface area (Å²) in [6.07, 6.45) is 0.623. The molecule has 0 aliphatic carbocycles. The molecule has 0 spiro atoms. The van der Waals surface area contributed by atoms with Gasteiger partial charge in [-0.3, -0.25) is 14.4 Å². The van der Waals surface area contributed by atoms with Crippen LogP contribution in [-0.2, 0) is 16.0 Å². The van der Waals surface area contributed by atoms with E-state index in [1.54, 1.807) is 23.1 Å². The average molecular weight is 387 g/mol. The SMILES string of the molecule is CNC(=O)C(NC(=O)c1ccc2c(c1)CCN2C(C)=O)c1ccc(F)c(F)c1. The van der Waals surface area contributed by atoms with Gasteiger partial charge in [0, 0.05) is 31.8 Å². The lowest BCUT2D eigenvalue weighted by molar-refractivity contribution is -0.122. The molecule has 0 bridgehead atoms. The van der Waals surface area contributed by atoms with Crippen molar-refractivity contribution in [2.45, 2.75) is 19.4 Å². The number of halogens is 2. The number of fused-ring (bicyclic) bond motifs is 1. The van der Waals surface area contributed by atoms with E-state index in [1.807, 2.05) is 0 Å². The molecule has 1 aliphatic heterocycles. The lowest BCUT2D eigenvalue weighted by Crippen LogP contribution is -2.39. The maximum absolute atomic E-state index is 13.6. The highest BCUT2D eigenvalue weighted by molar-refractivity contribution is 6.00. The molecule has 146 valence electrons. The van der Waals surface area contributed by atoms with Gasteiger partial charge in [0.05, 0.1) is 0 Å². The number of nitrogens with zero attached hydrogens (tertiary/aromatic N) is 1. The molecule has 0 radical (unpaired) electrons. The zero-order valence-electron chi connectivity index (χ0n) is 15.4. The molecule has 0 saturated carbocycles. The summed E-state index contributed by atoms with van der Waals surface area (Å²) in [6.45, 7) is 2.02. The first kappa shape index (κ1) is 19.5. The number of likely N-dealkylation sites (N-methyl/N-ethyl adjacent to an activating group) is 1. The number of amides is 3. The molecule has 28 heavy (non-hydrogen) atoms. The Hall–Kier alpha value is -3.29. The van der Waals surface area contributed by atoms with Gasteiger partial charge in [0.25, 0.3) is 5.91 Å². The van der Waals surface area contributed by atoms with Crippen molar-refractivity contribution in [1.29, 1.82) is 0 Å². The minimum Gasteiger partial charge on any atom is -0.357 e. The van der Waals surface area contributed by atoms with Gasteiger partial charge in [0.15, 0.2) is 11.6 Å². The summed E-state index contributed by atoms with van der Waals surface area (Å²) in [5.41, 5.74) is 2.04. The largest absolute Gasteiger partial charge is 0.357 e. The third-order valence-corrected chi connectivity index (χ3v) is 4.68. The van der Waals surface area contributed by atoms with E-state index in [2.05, 4.69) is 10.6 Å². The minimum absolute atomic E-state index is 0.0750. The van der Waals surface area contributed by atoms with Crippen molar-refractivity contribution in [1.82, 2.24) is 10.6 Å². The highest BCUT2D eigenvalue weighted by Crippen LogP contribution is 2.29. The number of carbonyl (C=O) groups excluding carboxylic acids is 3. The zero-order chi connectivity index (χ0) is 20.4. The van der Waals surface area contributed by atoms with Crippen molar-refractivity contribution >= 4 is 23.4 Å². The first-order valence-corrected chi connectivity index (χ1v) is 8.70. The van der Waals surface area contributed by atoms with Crippen LogP contribution in [0.5, 0.6) is 0 Å². The summed E-state index contributed by atoms with van der Waals surface area (Å²) in [7, 11) is 1.38. The van der Waals surface area contributed by atoms with Crippen LogP contribution < -0.4 is 15.5 Å². The number of benzene rings is 2. The standard InChI is InChI=1S/C20H19F2N3O3/c1-11(26)25-8-7-12-9-14(4-6-17(12)25)19(27)24-18(20(28)23-2)13-3-5-15(21)16(22)10-13/h3-6,9-10,18H,7-8H2,1-2H3,(H,23,28)(H,24,27). The molecule has 0 fully saturated rings. The van der Waals surface area contributed by atoms with E-state index >= 15 is 0 Å². The van der Waals surface area contributed by atoms with Gasteiger partial charge in [0.2, 0.25) is 11.8 Å². The van der Waals surface area contributed by atoms with Crippen LogP contribution in [0.1, 0.15) is 34.5 Å². The molecular weight excluding hydrogens is 368 g/mol. The van der Waals surface area contributed by atoms with E-state index in [0.29, 0.717) is 18.5 Å². The number of rotatable bonds is 4. The molecule has 1 heterocycles.